The van der Waals surface area contributed by atoms with Gasteiger partial charge in [0.1, 0.15) is 5.76 Å². The maximum atomic E-state index is 11.7. The molecule has 0 atom stereocenters. The van der Waals surface area contributed by atoms with Crippen molar-refractivity contribution < 1.29 is 9.32 Å². The van der Waals surface area contributed by atoms with Crippen molar-refractivity contribution in [3.8, 4) is 0 Å². The molecule has 0 aliphatic heterocycles. The lowest BCUT2D eigenvalue weighted by molar-refractivity contribution is -0.115. The molecule has 0 unspecified atom stereocenters. The van der Waals surface area contributed by atoms with Crippen LogP contribution in [0.25, 0.3) is 0 Å². The highest BCUT2D eigenvalue weighted by Gasteiger charge is 2.07. The van der Waals surface area contributed by atoms with Gasteiger partial charge in [-0.3, -0.25) is 4.79 Å². The first-order valence-corrected chi connectivity index (χ1v) is 5.90. The maximum Gasteiger partial charge on any atom is 0.230 e. The molecule has 0 saturated carbocycles. The van der Waals surface area contributed by atoms with Gasteiger partial charge in [-0.1, -0.05) is 33.2 Å². The van der Waals surface area contributed by atoms with Crippen LogP contribution in [0.2, 0.25) is 0 Å². The molecule has 0 saturated heterocycles. The Bertz CT molecular complexity index is 537. The van der Waals surface area contributed by atoms with Gasteiger partial charge in [-0.05, 0) is 24.6 Å². The number of hydrogen-bond donors (Lipinski definition) is 1. The number of nitrogens with zero attached hydrogens (tertiary/aromatic N) is 1. The molecular weight excluding hydrogens is 284 g/mol. The molecule has 1 amide bonds. The van der Waals surface area contributed by atoms with Gasteiger partial charge in [-0.15, -0.1) is 0 Å². The standard InChI is InChI=1S/C12H11BrN2O2/c1-8-5-11(15-17-8)14-12(16)7-9-3-2-4-10(13)6-9/h2-6H,7H2,1H3,(H,14,15,16). The van der Waals surface area contributed by atoms with Gasteiger partial charge in [0.25, 0.3) is 0 Å². The van der Waals surface area contributed by atoms with Crippen LogP contribution in [0.1, 0.15) is 11.3 Å². The van der Waals surface area contributed by atoms with E-state index in [1.807, 2.05) is 24.3 Å². The summed E-state index contributed by atoms with van der Waals surface area (Å²) in [4.78, 5) is 11.7. The zero-order valence-electron chi connectivity index (χ0n) is 9.24. The average Bonchev–Trinajstić information content (AvgIpc) is 2.63. The summed E-state index contributed by atoms with van der Waals surface area (Å²) in [5, 5.41) is 6.37. The van der Waals surface area contributed by atoms with E-state index in [1.165, 1.54) is 0 Å². The SMILES string of the molecule is Cc1cc(NC(=O)Cc2cccc(Br)c2)no1. The minimum atomic E-state index is -0.114. The number of amides is 1. The van der Waals surface area contributed by atoms with Crippen molar-refractivity contribution in [1.82, 2.24) is 5.16 Å². The van der Waals surface area contributed by atoms with Crippen LogP contribution >= 0.6 is 15.9 Å². The van der Waals surface area contributed by atoms with Gasteiger partial charge in [0.15, 0.2) is 5.82 Å². The van der Waals surface area contributed by atoms with Crippen LogP contribution in [0, 0.1) is 6.92 Å². The van der Waals surface area contributed by atoms with Crippen LogP contribution in [-0.2, 0) is 11.2 Å². The molecule has 2 aromatic rings. The summed E-state index contributed by atoms with van der Waals surface area (Å²) in [5.41, 5.74) is 0.942. The second-order valence-electron chi connectivity index (χ2n) is 3.68. The number of nitrogens with one attached hydrogen (secondary N) is 1. The van der Waals surface area contributed by atoms with E-state index in [0.717, 1.165) is 10.0 Å². The van der Waals surface area contributed by atoms with E-state index in [-0.39, 0.29) is 5.91 Å². The van der Waals surface area contributed by atoms with Crippen molar-refractivity contribution in [2.75, 3.05) is 5.32 Å². The number of hydrogen-bond acceptors (Lipinski definition) is 3. The second-order valence-corrected chi connectivity index (χ2v) is 4.59. The molecule has 5 heteroatoms. The lowest BCUT2D eigenvalue weighted by Gasteiger charge is -2.02. The highest BCUT2D eigenvalue weighted by molar-refractivity contribution is 9.10. The molecule has 88 valence electrons. The number of halogens is 1. The molecule has 1 heterocycles. The van der Waals surface area contributed by atoms with Crippen LogP contribution in [0.3, 0.4) is 0 Å². The molecule has 0 aliphatic rings. The Balaban J connectivity index is 1.98. The molecule has 0 bridgehead atoms. The predicted molar refractivity (Wildman–Crippen MR) is 67.7 cm³/mol. The average molecular weight is 295 g/mol. The molecule has 1 N–H and O–H groups in total. The van der Waals surface area contributed by atoms with Gasteiger partial charge in [-0.2, -0.15) is 0 Å². The van der Waals surface area contributed by atoms with Crippen molar-refractivity contribution in [3.63, 3.8) is 0 Å². The molecule has 0 aliphatic carbocycles. The summed E-state index contributed by atoms with van der Waals surface area (Å²) >= 11 is 3.36. The van der Waals surface area contributed by atoms with Crippen LogP contribution in [0.5, 0.6) is 0 Å². The number of benzene rings is 1. The monoisotopic (exact) mass is 294 g/mol. The number of aromatic nitrogens is 1. The number of carbonyl (C=O) groups excluding carboxylic acids is 1. The van der Waals surface area contributed by atoms with Crippen molar-refractivity contribution in [3.05, 3.63) is 46.1 Å². The first-order valence-electron chi connectivity index (χ1n) is 5.11. The van der Waals surface area contributed by atoms with E-state index in [1.54, 1.807) is 13.0 Å². The number of aryl methyl sites for hydroxylation is 1. The quantitative estimate of drug-likeness (QED) is 0.947. The van der Waals surface area contributed by atoms with Crippen LogP contribution in [0.15, 0.2) is 39.3 Å². The van der Waals surface area contributed by atoms with Crippen LogP contribution in [0.4, 0.5) is 5.82 Å². The van der Waals surface area contributed by atoms with Gasteiger partial charge < -0.3 is 9.84 Å². The van der Waals surface area contributed by atoms with Gasteiger partial charge in [-0.25, -0.2) is 0 Å². The van der Waals surface area contributed by atoms with Crippen molar-refractivity contribution in [2.24, 2.45) is 0 Å². The Morgan fingerprint density at radius 2 is 2.29 bits per heavy atom. The lowest BCUT2D eigenvalue weighted by atomic mass is 10.1. The zero-order valence-corrected chi connectivity index (χ0v) is 10.8. The van der Waals surface area contributed by atoms with E-state index in [2.05, 4.69) is 26.4 Å². The molecule has 17 heavy (non-hydrogen) atoms. The van der Waals surface area contributed by atoms with E-state index in [4.69, 9.17) is 4.52 Å². The third-order valence-electron chi connectivity index (χ3n) is 2.15. The Labute approximate surface area is 107 Å². The highest BCUT2D eigenvalue weighted by Crippen LogP contribution is 2.13. The number of anilines is 1. The number of carbonyl (C=O) groups is 1. The third-order valence-corrected chi connectivity index (χ3v) is 2.64. The summed E-state index contributed by atoms with van der Waals surface area (Å²) in [6.07, 6.45) is 0.311. The molecule has 0 radical (unpaired) electrons. The molecule has 1 aromatic carbocycles. The molecular formula is C12H11BrN2O2. The minimum Gasteiger partial charge on any atom is -0.360 e. The van der Waals surface area contributed by atoms with Crippen LogP contribution in [-0.4, -0.2) is 11.1 Å². The molecule has 2 rings (SSSR count). The normalized spacial score (nSPS) is 10.2. The second kappa shape index (κ2) is 5.14. The summed E-state index contributed by atoms with van der Waals surface area (Å²) in [6.45, 7) is 1.77. The van der Waals surface area contributed by atoms with Crippen molar-refractivity contribution in [2.45, 2.75) is 13.3 Å². The van der Waals surface area contributed by atoms with Crippen molar-refractivity contribution in [1.29, 1.82) is 0 Å². The summed E-state index contributed by atoms with van der Waals surface area (Å²) in [5.74, 6) is 1.00. The Morgan fingerprint density at radius 3 is 2.94 bits per heavy atom. The van der Waals surface area contributed by atoms with E-state index >= 15 is 0 Å². The minimum absolute atomic E-state index is 0.114. The largest absolute Gasteiger partial charge is 0.360 e. The summed E-state index contributed by atoms with van der Waals surface area (Å²) in [6, 6.07) is 9.31. The maximum absolute atomic E-state index is 11.7. The lowest BCUT2D eigenvalue weighted by Crippen LogP contribution is -2.14. The molecule has 4 nitrogen and oxygen atoms in total. The van der Waals surface area contributed by atoms with Crippen LogP contribution < -0.4 is 5.32 Å². The summed E-state index contributed by atoms with van der Waals surface area (Å²) in [7, 11) is 0. The highest BCUT2D eigenvalue weighted by atomic mass is 79.9. The van der Waals surface area contributed by atoms with Gasteiger partial charge in [0, 0.05) is 10.5 Å². The van der Waals surface area contributed by atoms with Gasteiger partial charge in [0.05, 0.1) is 6.42 Å². The fourth-order valence-corrected chi connectivity index (χ4v) is 1.89. The fraction of sp³-hybridized carbons (Fsp3) is 0.167. The third kappa shape index (κ3) is 3.42. The van der Waals surface area contributed by atoms with Gasteiger partial charge >= 0.3 is 0 Å². The molecule has 1 aromatic heterocycles. The first-order chi connectivity index (χ1) is 8.13. The Hall–Kier alpha value is -1.62. The molecule has 0 spiro atoms. The Morgan fingerprint density at radius 1 is 1.47 bits per heavy atom. The van der Waals surface area contributed by atoms with E-state index in [9.17, 15) is 4.79 Å². The fourth-order valence-electron chi connectivity index (χ4n) is 1.44. The van der Waals surface area contributed by atoms with E-state index < -0.39 is 0 Å². The van der Waals surface area contributed by atoms with Gasteiger partial charge in [0.2, 0.25) is 5.91 Å². The smallest absolute Gasteiger partial charge is 0.230 e. The number of rotatable bonds is 3. The first kappa shape index (κ1) is 11.9. The van der Waals surface area contributed by atoms with Crippen molar-refractivity contribution >= 4 is 27.7 Å². The predicted octanol–water partition coefficient (Wildman–Crippen LogP) is 2.93. The molecule has 0 fully saturated rings. The Kier molecular flexibility index (Phi) is 3.58. The van der Waals surface area contributed by atoms with E-state index in [0.29, 0.717) is 18.0 Å². The summed E-state index contributed by atoms with van der Waals surface area (Å²) < 4.78 is 5.82. The topological polar surface area (TPSA) is 55.1 Å². The zero-order chi connectivity index (χ0) is 12.3.